The van der Waals surface area contributed by atoms with Crippen molar-refractivity contribution < 1.29 is 19.0 Å². The van der Waals surface area contributed by atoms with Crippen LogP contribution in [0.4, 0.5) is 5.69 Å². The van der Waals surface area contributed by atoms with Crippen LogP contribution in [-0.4, -0.2) is 20.2 Å². The van der Waals surface area contributed by atoms with Gasteiger partial charge in [0.15, 0.2) is 0 Å². The number of nitro benzene ring substituents is 1. The van der Waals surface area contributed by atoms with Gasteiger partial charge in [0.25, 0.3) is 5.69 Å². The summed E-state index contributed by atoms with van der Waals surface area (Å²) in [7, 11) is -1.44. The molecule has 114 valence electrons. The lowest BCUT2D eigenvalue weighted by molar-refractivity contribution is -0.385. The van der Waals surface area contributed by atoms with Crippen LogP contribution in [0.3, 0.4) is 0 Å². The molecule has 2 aromatic rings. The van der Waals surface area contributed by atoms with Crippen molar-refractivity contribution in [3.05, 3.63) is 69.3 Å². The Morgan fingerprint density at radius 3 is 2.41 bits per heavy atom. The van der Waals surface area contributed by atoms with Gasteiger partial charge >= 0.3 is 5.97 Å². The van der Waals surface area contributed by atoms with E-state index in [9.17, 15) is 19.1 Å². The average molecular weight is 319 g/mol. The van der Waals surface area contributed by atoms with Crippen molar-refractivity contribution in [3.8, 4) is 0 Å². The summed E-state index contributed by atoms with van der Waals surface area (Å²) in [6.07, 6.45) is 0. The van der Waals surface area contributed by atoms with E-state index in [4.69, 9.17) is 5.11 Å². The van der Waals surface area contributed by atoms with Gasteiger partial charge in [-0.25, -0.2) is 4.79 Å². The van der Waals surface area contributed by atoms with Gasteiger partial charge in [0.05, 0.1) is 27.0 Å². The lowest BCUT2D eigenvalue weighted by Gasteiger charge is -2.05. The number of carboxylic acid groups (broad SMARTS) is 1. The molecular formula is C15H13NO5S. The highest BCUT2D eigenvalue weighted by Crippen LogP contribution is 2.24. The molecule has 2 rings (SSSR count). The number of nitrogens with zero attached hydrogens (tertiary/aromatic N) is 1. The predicted molar refractivity (Wildman–Crippen MR) is 81.3 cm³/mol. The Morgan fingerprint density at radius 2 is 1.86 bits per heavy atom. The molecule has 1 atom stereocenters. The van der Waals surface area contributed by atoms with Gasteiger partial charge in [-0.2, -0.15) is 0 Å². The first-order valence-corrected chi connectivity index (χ1v) is 7.66. The van der Waals surface area contributed by atoms with Gasteiger partial charge in [0, 0.05) is 16.5 Å². The number of aryl methyl sites for hydroxylation is 1. The number of hydrogen-bond acceptors (Lipinski definition) is 4. The molecular weight excluding hydrogens is 306 g/mol. The third kappa shape index (κ3) is 3.56. The summed E-state index contributed by atoms with van der Waals surface area (Å²) in [5, 5.41) is 20.0. The Bertz CT molecular complexity index is 755. The monoisotopic (exact) mass is 319 g/mol. The van der Waals surface area contributed by atoms with Gasteiger partial charge in [-0.05, 0) is 25.1 Å². The third-order valence-corrected chi connectivity index (χ3v) is 4.47. The third-order valence-electron chi connectivity index (χ3n) is 3.10. The Kier molecular flexibility index (Phi) is 4.67. The lowest BCUT2D eigenvalue weighted by atomic mass is 10.1. The summed E-state index contributed by atoms with van der Waals surface area (Å²) in [6, 6.07) is 10.7. The quantitative estimate of drug-likeness (QED) is 0.675. The molecule has 0 amide bonds. The maximum absolute atomic E-state index is 12.3. The molecule has 0 saturated heterocycles. The largest absolute Gasteiger partial charge is 0.478 e. The molecule has 0 saturated carbocycles. The van der Waals surface area contributed by atoms with Crippen LogP contribution in [0.5, 0.6) is 0 Å². The van der Waals surface area contributed by atoms with Crippen molar-refractivity contribution in [3.63, 3.8) is 0 Å². The minimum Gasteiger partial charge on any atom is -0.478 e. The molecule has 0 aliphatic heterocycles. The van der Waals surface area contributed by atoms with Crippen LogP contribution in [0.25, 0.3) is 0 Å². The molecule has 0 bridgehead atoms. The molecule has 0 heterocycles. The number of nitro groups is 1. The van der Waals surface area contributed by atoms with Crippen LogP contribution in [0.1, 0.15) is 21.5 Å². The molecule has 0 aromatic heterocycles. The Labute approximate surface area is 129 Å². The van der Waals surface area contributed by atoms with E-state index in [-0.39, 0.29) is 22.6 Å². The van der Waals surface area contributed by atoms with E-state index in [1.54, 1.807) is 12.1 Å². The number of rotatable bonds is 5. The van der Waals surface area contributed by atoms with Crippen molar-refractivity contribution in [2.75, 3.05) is 0 Å². The molecule has 0 fully saturated rings. The minimum atomic E-state index is -1.44. The fraction of sp³-hybridized carbons (Fsp3) is 0.133. The van der Waals surface area contributed by atoms with Crippen LogP contribution >= 0.6 is 0 Å². The van der Waals surface area contributed by atoms with Crippen molar-refractivity contribution in [1.29, 1.82) is 0 Å². The van der Waals surface area contributed by atoms with E-state index in [1.807, 2.05) is 19.1 Å². The van der Waals surface area contributed by atoms with Crippen molar-refractivity contribution in [1.82, 2.24) is 0 Å². The van der Waals surface area contributed by atoms with Gasteiger partial charge in [-0.3, -0.25) is 14.3 Å². The number of carbonyl (C=O) groups is 1. The Morgan fingerprint density at radius 1 is 1.23 bits per heavy atom. The molecule has 1 unspecified atom stereocenters. The molecule has 6 nitrogen and oxygen atoms in total. The SMILES string of the molecule is Cc1ccc(S(=O)Cc2ccc(C(=O)O)cc2[N+](=O)[O-])cc1. The highest BCUT2D eigenvalue weighted by atomic mass is 32.2. The highest BCUT2D eigenvalue weighted by molar-refractivity contribution is 7.84. The standard InChI is InChI=1S/C15H13NO5S/c1-10-2-6-13(7-3-10)22(21)9-12-5-4-11(15(17)18)8-14(12)16(19)20/h2-8H,9H2,1H3,(H,17,18). The molecule has 1 N–H and O–H groups in total. The Hall–Kier alpha value is -2.54. The lowest BCUT2D eigenvalue weighted by Crippen LogP contribution is -2.04. The number of aromatic carboxylic acids is 1. The number of hydrogen-bond donors (Lipinski definition) is 1. The summed E-state index contributed by atoms with van der Waals surface area (Å²) in [5.74, 6) is -1.28. The van der Waals surface area contributed by atoms with Crippen LogP contribution in [0.2, 0.25) is 0 Å². The number of benzene rings is 2. The van der Waals surface area contributed by atoms with E-state index in [1.165, 1.54) is 12.1 Å². The first-order valence-electron chi connectivity index (χ1n) is 6.34. The van der Waals surface area contributed by atoms with Crippen molar-refractivity contribution in [2.45, 2.75) is 17.6 Å². The zero-order valence-electron chi connectivity index (χ0n) is 11.7. The summed E-state index contributed by atoms with van der Waals surface area (Å²) in [4.78, 5) is 21.9. The minimum absolute atomic E-state index is 0.0424. The van der Waals surface area contributed by atoms with E-state index in [0.717, 1.165) is 11.6 Å². The molecule has 2 aromatic carbocycles. The van der Waals surface area contributed by atoms with Crippen LogP contribution in [-0.2, 0) is 16.6 Å². The summed E-state index contributed by atoms with van der Waals surface area (Å²) >= 11 is 0. The van der Waals surface area contributed by atoms with E-state index in [0.29, 0.717) is 4.90 Å². The van der Waals surface area contributed by atoms with Gasteiger partial charge in [-0.1, -0.05) is 23.8 Å². The van der Waals surface area contributed by atoms with Gasteiger partial charge < -0.3 is 5.11 Å². The summed E-state index contributed by atoms with van der Waals surface area (Å²) in [6.45, 7) is 1.90. The highest BCUT2D eigenvalue weighted by Gasteiger charge is 2.19. The zero-order valence-corrected chi connectivity index (χ0v) is 12.5. The Balaban J connectivity index is 2.32. The maximum atomic E-state index is 12.3. The van der Waals surface area contributed by atoms with Gasteiger partial charge in [-0.15, -0.1) is 0 Å². The maximum Gasteiger partial charge on any atom is 0.335 e. The fourth-order valence-corrected chi connectivity index (χ4v) is 3.04. The molecule has 0 spiro atoms. The van der Waals surface area contributed by atoms with Crippen LogP contribution in [0, 0.1) is 17.0 Å². The molecule has 22 heavy (non-hydrogen) atoms. The topological polar surface area (TPSA) is 97.5 Å². The first-order chi connectivity index (χ1) is 10.4. The second-order valence-corrected chi connectivity index (χ2v) is 6.16. The van der Waals surface area contributed by atoms with Gasteiger partial charge in [0.2, 0.25) is 0 Å². The summed E-state index contributed by atoms with van der Waals surface area (Å²) in [5.41, 5.74) is 0.767. The van der Waals surface area contributed by atoms with Gasteiger partial charge in [0.1, 0.15) is 0 Å². The molecule has 0 aliphatic carbocycles. The first kappa shape index (κ1) is 15.8. The second kappa shape index (κ2) is 6.48. The molecule has 7 heteroatoms. The van der Waals surface area contributed by atoms with Crippen molar-refractivity contribution >= 4 is 22.5 Å². The molecule has 0 aliphatic rings. The fourth-order valence-electron chi connectivity index (χ4n) is 1.90. The molecule has 0 radical (unpaired) electrons. The van der Waals surface area contributed by atoms with Crippen LogP contribution in [0.15, 0.2) is 47.4 Å². The zero-order chi connectivity index (χ0) is 16.3. The van der Waals surface area contributed by atoms with E-state index >= 15 is 0 Å². The number of carboxylic acids is 1. The second-order valence-electron chi connectivity index (χ2n) is 4.71. The average Bonchev–Trinajstić information content (AvgIpc) is 2.47. The van der Waals surface area contributed by atoms with E-state index in [2.05, 4.69) is 0 Å². The normalized spacial score (nSPS) is 11.9. The smallest absolute Gasteiger partial charge is 0.335 e. The van der Waals surface area contributed by atoms with E-state index < -0.39 is 21.7 Å². The van der Waals surface area contributed by atoms with Crippen LogP contribution < -0.4 is 0 Å². The predicted octanol–water partition coefficient (Wildman–Crippen LogP) is 2.91. The summed E-state index contributed by atoms with van der Waals surface area (Å²) < 4.78 is 12.3. The van der Waals surface area contributed by atoms with Crippen molar-refractivity contribution in [2.24, 2.45) is 0 Å².